The Morgan fingerprint density at radius 2 is 2.06 bits per heavy atom. The van der Waals surface area contributed by atoms with E-state index in [1.807, 2.05) is 6.07 Å². The largest absolute Gasteiger partial charge is 0.497 e. The molecule has 0 bridgehead atoms. The lowest BCUT2D eigenvalue weighted by Gasteiger charge is -2.30. The van der Waals surface area contributed by atoms with Crippen LogP contribution in [-0.4, -0.2) is 45.3 Å². The Morgan fingerprint density at radius 1 is 1.29 bits per heavy atom. The molecule has 1 aromatic carbocycles. The quantitative estimate of drug-likeness (QED) is 0.577. The second-order valence-electron chi connectivity index (χ2n) is 5.02. The average molecular weight is 237 g/mol. The molecule has 0 saturated heterocycles. The van der Waals surface area contributed by atoms with E-state index in [0.717, 1.165) is 36.4 Å². The average Bonchev–Trinajstić information content (AvgIpc) is 2.29. The molecule has 17 heavy (non-hydrogen) atoms. The van der Waals surface area contributed by atoms with E-state index in [4.69, 9.17) is 4.74 Å². The van der Waals surface area contributed by atoms with Crippen LogP contribution in [0.3, 0.4) is 0 Å². The molecule has 0 aromatic heterocycles. The van der Waals surface area contributed by atoms with Crippen LogP contribution in [0.5, 0.6) is 5.75 Å². The summed E-state index contributed by atoms with van der Waals surface area (Å²) in [5, 5.41) is 3.37. The van der Waals surface area contributed by atoms with E-state index in [-0.39, 0.29) is 0 Å². The molecule has 0 aliphatic carbocycles. The summed E-state index contributed by atoms with van der Waals surface area (Å²) >= 11 is 0. The van der Waals surface area contributed by atoms with Crippen LogP contribution in [0, 0.1) is 0 Å². The molecule has 0 radical (unpaired) electrons. The number of ether oxygens (including phenoxy) is 1. The van der Waals surface area contributed by atoms with Gasteiger partial charge in [-0.15, -0.1) is 0 Å². The highest BCUT2D eigenvalue weighted by atomic mass is 16.5. The van der Waals surface area contributed by atoms with Crippen molar-refractivity contribution < 1.29 is 9.22 Å². The third-order valence-corrected chi connectivity index (χ3v) is 2.89. The topological polar surface area (TPSA) is 21.3 Å². The van der Waals surface area contributed by atoms with Gasteiger partial charge in [0.1, 0.15) is 12.3 Å². The van der Waals surface area contributed by atoms with Crippen LogP contribution in [0.1, 0.15) is 12.5 Å². The van der Waals surface area contributed by atoms with Gasteiger partial charge in [0.2, 0.25) is 0 Å². The van der Waals surface area contributed by atoms with E-state index in [0.29, 0.717) is 0 Å². The van der Waals surface area contributed by atoms with Gasteiger partial charge in [-0.3, -0.25) is 0 Å². The van der Waals surface area contributed by atoms with Crippen LogP contribution < -0.4 is 10.1 Å². The summed E-state index contributed by atoms with van der Waals surface area (Å²) in [6.07, 6.45) is 0. The zero-order valence-corrected chi connectivity index (χ0v) is 11.5. The van der Waals surface area contributed by atoms with Crippen molar-refractivity contribution in [3.8, 4) is 5.75 Å². The van der Waals surface area contributed by atoms with Crippen LogP contribution in [0.2, 0.25) is 0 Å². The van der Waals surface area contributed by atoms with E-state index < -0.39 is 0 Å². The molecule has 1 rings (SSSR count). The van der Waals surface area contributed by atoms with E-state index in [9.17, 15) is 0 Å². The molecule has 0 heterocycles. The van der Waals surface area contributed by atoms with Crippen molar-refractivity contribution in [2.24, 2.45) is 0 Å². The van der Waals surface area contributed by atoms with Gasteiger partial charge in [-0.25, -0.2) is 0 Å². The van der Waals surface area contributed by atoms with E-state index in [2.05, 4.69) is 44.5 Å². The molecule has 1 aromatic rings. The maximum Gasteiger partial charge on any atom is 0.119 e. The van der Waals surface area contributed by atoms with Crippen LogP contribution in [0.15, 0.2) is 24.3 Å². The highest BCUT2D eigenvalue weighted by Crippen LogP contribution is 2.15. The Hall–Kier alpha value is -1.06. The first kappa shape index (κ1) is 14.0. The zero-order valence-electron chi connectivity index (χ0n) is 11.5. The van der Waals surface area contributed by atoms with Gasteiger partial charge in [0.15, 0.2) is 0 Å². The van der Waals surface area contributed by atoms with Crippen LogP contribution in [0.25, 0.3) is 0 Å². The standard InChI is InChI=1S/C14H25N2O/c1-5-15-9-10-16(2,3)12-13-7-6-8-14(11-13)17-4/h6-8,11,15H,5,9-10,12H2,1-4H3/q+1. The molecule has 96 valence electrons. The van der Waals surface area contributed by atoms with Crippen molar-refractivity contribution >= 4 is 0 Å². The Labute approximate surface area is 105 Å². The van der Waals surface area contributed by atoms with Crippen LogP contribution in [0.4, 0.5) is 0 Å². The van der Waals surface area contributed by atoms with Crippen molar-refractivity contribution in [3.05, 3.63) is 29.8 Å². The fourth-order valence-electron chi connectivity index (χ4n) is 1.90. The van der Waals surface area contributed by atoms with Gasteiger partial charge in [-0.1, -0.05) is 19.1 Å². The minimum atomic E-state index is 0.939. The Morgan fingerprint density at radius 3 is 2.71 bits per heavy atom. The third-order valence-electron chi connectivity index (χ3n) is 2.89. The van der Waals surface area contributed by atoms with Gasteiger partial charge < -0.3 is 14.5 Å². The molecule has 0 unspecified atom stereocenters. The van der Waals surface area contributed by atoms with Crippen molar-refractivity contribution in [1.82, 2.24) is 5.32 Å². The van der Waals surface area contributed by atoms with Gasteiger partial charge >= 0.3 is 0 Å². The summed E-state index contributed by atoms with van der Waals surface area (Å²) in [6, 6.07) is 8.32. The number of nitrogens with one attached hydrogen (secondary N) is 1. The Bertz CT molecular complexity index is 337. The molecular formula is C14H25N2O+. The SMILES string of the molecule is CCNCC[N+](C)(C)Cc1cccc(OC)c1. The van der Waals surface area contributed by atoms with Crippen LogP contribution in [-0.2, 0) is 6.54 Å². The number of benzene rings is 1. The minimum Gasteiger partial charge on any atom is -0.497 e. The normalized spacial score (nSPS) is 11.5. The second kappa shape index (κ2) is 6.62. The number of hydrogen-bond acceptors (Lipinski definition) is 2. The van der Waals surface area contributed by atoms with Crippen molar-refractivity contribution in [1.29, 1.82) is 0 Å². The highest BCUT2D eigenvalue weighted by molar-refractivity contribution is 5.27. The molecule has 0 aliphatic heterocycles. The van der Waals surface area contributed by atoms with Crippen LogP contribution >= 0.6 is 0 Å². The number of quaternary nitrogens is 1. The zero-order chi connectivity index (χ0) is 12.7. The predicted molar refractivity (Wildman–Crippen MR) is 72.2 cm³/mol. The fraction of sp³-hybridized carbons (Fsp3) is 0.571. The third kappa shape index (κ3) is 5.20. The fourth-order valence-corrected chi connectivity index (χ4v) is 1.90. The number of methoxy groups -OCH3 is 1. The van der Waals surface area contributed by atoms with E-state index in [1.165, 1.54) is 5.56 Å². The number of likely N-dealkylation sites (N-methyl/N-ethyl adjacent to an activating group) is 2. The molecule has 0 fully saturated rings. The Kier molecular flexibility index (Phi) is 5.45. The van der Waals surface area contributed by atoms with Gasteiger partial charge in [0.05, 0.1) is 27.7 Å². The number of nitrogens with zero attached hydrogens (tertiary/aromatic N) is 1. The maximum atomic E-state index is 5.25. The molecule has 3 heteroatoms. The summed E-state index contributed by atoms with van der Waals surface area (Å²) in [5.74, 6) is 0.939. The van der Waals surface area contributed by atoms with Gasteiger partial charge in [-0.2, -0.15) is 0 Å². The van der Waals surface area contributed by atoms with E-state index >= 15 is 0 Å². The predicted octanol–water partition coefficient (Wildman–Crippen LogP) is 1.88. The lowest BCUT2D eigenvalue weighted by atomic mass is 10.2. The first-order valence-corrected chi connectivity index (χ1v) is 6.23. The summed E-state index contributed by atoms with van der Waals surface area (Å²) < 4.78 is 6.23. The van der Waals surface area contributed by atoms with Gasteiger partial charge in [0.25, 0.3) is 0 Å². The lowest BCUT2D eigenvalue weighted by molar-refractivity contribution is -0.902. The molecule has 0 spiro atoms. The second-order valence-corrected chi connectivity index (χ2v) is 5.02. The summed E-state index contributed by atoms with van der Waals surface area (Å²) in [4.78, 5) is 0. The minimum absolute atomic E-state index is 0.939. The van der Waals surface area contributed by atoms with E-state index in [1.54, 1.807) is 7.11 Å². The summed E-state index contributed by atoms with van der Waals surface area (Å²) in [7, 11) is 6.23. The number of rotatable bonds is 7. The lowest BCUT2D eigenvalue weighted by Crippen LogP contribution is -2.43. The first-order valence-electron chi connectivity index (χ1n) is 6.23. The molecule has 1 N–H and O–H groups in total. The molecular weight excluding hydrogens is 212 g/mol. The number of hydrogen-bond donors (Lipinski definition) is 1. The van der Waals surface area contributed by atoms with Crippen molar-refractivity contribution in [3.63, 3.8) is 0 Å². The molecule has 0 saturated carbocycles. The first-order chi connectivity index (χ1) is 8.07. The molecule has 0 atom stereocenters. The molecule has 0 aliphatic rings. The maximum absolute atomic E-state index is 5.25. The Balaban J connectivity index is 2.55. The van der Waals surface area contributed by atoms with Gasteiger partial charge in [-0.05, 0) is 18.7 Å². The summed E-state index contributed by atoms with van der Waals surface area (Å²) in [5.41, 5.74) is 1.32. The van der Waals surface area contributed by atoms with Gasteiger partial charge in [0, 0.05) is 12.1 Å². The highest BCUT2D eigenvalue weighted by Gasteiger charge is 2.15. The monoisotopic (exact) mass is 237 g/mol. The molecule has 3 nitrogen and oxygen atoms in total. The molecule has 0 amide bonds. The van der Waals surface area contributed by atoms with Crippen molar-refractivity contribution in [2.75, 3.05) is 40.8 Å². The van der Waals surface area contributed by atoms with Crippen molar-refractivity contribution in [2.45, 2.75) is 13.5 Å². The smallest absolute Gasteiger partial charge is 0.119 e. The summed E-state index contributed by atoms with van der Waals surface area (Å²) in [6.45, 7) is 6.41.